The molecule has 234 valence electrons. The molecule has 4 atom stereocenters. The van der Waals surface area contributed by atoms with Crippen molar-refractivity contribution in [2.75, 3.05) is 26.7 Å². The molecule has 0 radical (unpaired) electrons. The van der Waals surface area contributed by atoms with Crippen molar-refractivity contribution < 1.29 is 28.9 Å². The zero-order valence-electron chi connectivity index (χ0n) is 25.3. The lowest BCUT2D eigenvalue weighted by Gasteiger charge is -2.39. The number of piperidine rings is 1. The number of aliphatic hydroxyl groups excluding tert-OH is 1. The third-order valence-corrected chi connectivity index (χ3v) is 8.30. The van der Waals surface area contributed by atoms with Gasteiger partial charge in [0, 0.05) is 31.5 Å². The molecular formula is C35H43N3O6. The van der Waals surface area contributed by atoms with Crippen LogP contribution in [0.5, 0.6) is 0 Å². The molecule has 9 heteroatoms. The molecule has 0 aromatic heterocycles. The minimum absolute atomic E-state index is 0.0114. The highest BCUT2D eigenvalue weighted by molar-refractivity contribution is 5.83. The topological polar surface area (TPSA) is 109 Å². The third-order valence-electron chi connectivity index (χ3n) is 8.30. The van der Waals surface area contributed by atoms with Gasteiger partial charge in [-0.3, -0.25) is 0 Å². The highest BCUT2D eigenvalue weighted by Crippen LogP contribution is 2.38. The molecule has 5 rings (SSSR count). The van der Waals surface area contributed by atoms with Gasteiger partial charge < -0.3 is 34.9 Å². The van der Waals surface area contributed by atoms with Crippen LogP contribution < -0.4 is 10.6 Å². The van der Waals surface area contributed by atoms with Crippen molar-refractivity contribution in [2.24, 2.45) is 0 Å². The van der Waals surface area contributed by atoms with Gasteiger partial charge in [-0.2, -0.15) is 0 Å². The van der Waals surface area contributed by atoms with Crippen LogP contribution in [0.4, 0.5) is 4.79 Å². The Morgan fingerprint density at radius 3 is 2.25 bits per heavy atom. The SMILES string of the molecule is COC(=O)C(Cc1ccccc1)NC(=O)NCc1ccc(C2OC(CN3CCCCC3)CC(c3ccc(CO)cc3)O2)cc1. The molecule has 0 bridgehead atoms. The Labute approximate surface area is 259 Å². The van der Waals surface area contributed by atoms with E-state index in [1.54, 1.807) is 0 Å². The molecule has 2 fully saturated rings. The Hall–Kier alpha value is -3.76. The molecule has 2 heterocycles. The van der Waals surface area contributed by atoms with Gasteiger partial charge >= 0.3 is 12.0 Å². The molecule has 3 N–H and O–H groups in total. The normalized spacial score (nSPS) is 21.3. The van der Waals surface area contributed by atoms with Crippen molar-refractivity contribution in [1.29, 1.82) is 0 Å². The Morgan fingerprint density at radius 1 is 0.886 bits per heavy atom. The van der Waals surface area contributed by atoms with Crippen LogP contribution in [0.3, 0.4) is 0 Å². The molecule has 0 spiro atoms. The zero-order valence-corrected chi connectivity index (χ0v) is 25.3. The van der Waals surface area contributed by atoms with Gasteiger partial charge in [0.15, 0.2) is 6.29 Å². The average molecular weight is 602 g/mol. The van der Waals surface area contributed by atoms with E-state index in [-0.39, 0.29) is 25.4 Å². The van der Waals surface area contributed by atoms with E-state index in [1.807, 2.05) is 78.9 Å². The molecule has 3 aromatic carbocycles. The Kier molecular flexibility index (Phi) is 11.4. The maximum atomic E-state index is 12.7. The fraction of sp³-hybridized carbons (Fsp3) is 0.429. The highest BCUT2D eigenvalue weighted by atomic mass is 16.7. The molecule has 0 aliphatic carbocycles. The van der Waals surface area contributed by atoms with Gasteiger partial charge in [-0.1, -0.05) is 85.3 Å². The second-order valence-corrected chi connectivity index (χ2v) is 11.5. The molecule has 2 aliphatic heterocycles. The number of benzene rings is 3. The number of amides is 2. The van der Waals surface area contributed by atoms with Crippen LogP contribution in [0.25, 0.3) is 0 Å². The van der Waals surface area contributed by atoms with Crippen molar-refractivity contribution in [2.45, 2.75) is 69.8 Å². The number of carbonyl (C=O) groups excluding carboxylic acids is 2. The minimum Gasteiger partial charge on any atom is -0.467 e. The van der Waals surface area contributed by atoms with Gasteiger partial charge in [-0.15, -0.1) is 0 Å². The molecule has 9 nitrogen and oxygen atoms in total. The number of aliphatic hydroxyl groups is 1. The fourth-order valence-electron chi connectivity index (χ4n) is 5.83. The summed E-state index contributed by atoms with van der Waals surface area (Å²) in [5, 5.41) is 15.0. The number of hydrogen-bond donors (Lipinski definition) is 3. The summed E-state index contributed by atoms with van der Waals surface area (Å²) in [6, 6.07) is 24.0. The lowest BCUT2D eigenvalue weighted by atomic mass is 9.99. The van der Waals surface area contributed by atoms with Crippen molar-refractivity contribution in [3.05, 3.63) is 107 Å². The number of ether oxygens (including phenoxy) is 3. The highest BCUT2D eigenvalue weighted by Gasteiger charge is 2.33. The maximum absolute atomic E-state index is 12.7. The minimum atomic E-state index is -0.795. The Morgan fingerprint density at radius 2 is 1.57 bits per heavy atom. The van der Waals surface area contributed by atoms with Gasteiger partial charge in [0.2, 0.25) is 0 Å². The number of nitrogens with zero attached hydrogens (tertiary/aromatic N) is 1. The predicted octanol–water partition coefficient (Wildman–Crippen LogP) is 4.79. The Bertz CT molecular complexity index is 1330. The van der Waals surface area contributed by atoms with E-state index in [1.165, 1.54) is 26.4 Å². The van der Waals surface area contributed by atoms with Gasteiger partial charge in [0.05, 0.1) is 25.9 Å². The second-order valence-electron chi connectivity index (χ2n) is 11.5. The summed E-state index contributed by atoms with van der Waals surface area (Å²) in [4.78, 5) is 27.5. The molecular weight excluding hydrogens is 558 g/mol. The summed E-state index contributed by atoms with van der Waals surface area (Å²) >= 11 is 0. The van der Waals surface area contributed by atoms with Crippen molar-refractivity contribution in [3.8, 4) is 0 Å². The van der Waals surface area contributed by atoms with E-state index < -0.39 is 24.3 Å². The summed E-state index contributed by atoms with van der Waals surface area (Å²) in [5.41, 5.74) is 4.68. The summed E-state index contributed by atoms with van der Waals surface area (Å²) in [6.45, 7) is 3.37. The molecule has 3 aromatic rings. The first kappa shape index (κ1) is 31.7. The first-order valence-electron chi connectivity index (χ1n) is 15.5. The van der Waals surface area contributed by atoms with Crippen LogP contribution >= 0.6 is 0 Å². The van der Waals surface area contributed by atoms with Gasteiger partial charge in [-0.05, 0) is 48.2 Å². The van der Waals surface area contributed by atoms with Gasteiger partial charge in [0.1, 0.15) is 6.04 Å². The molecule has 44 heavy (non-hydrogen) atoms. The number of esters is 1. The van der Waals surface area contributed by atoms with Crippen LogP contribution in [-0.2, 0) is 38.6 Å². The van der Waals surface area contributed by atoms with E-state index in [2.05, 4.69) is 15.5 Å². The lowest BCUT2D eigenvalue weighted by Crippen LogP contribution is -2.47. The number of carbonyl (C=O) groups is 2. The third kappa shape index (κ3) is 8.89. The number of urea groups is 1. The van der Waals surface area contributed by atoms with E-state index in [0.717, 1.165) is 53.9 Å². The lowest BCUT2D eigenvalue weighted by molar-refractivity contribution is -0.253. The summed E-state index contributed by atoms with van der Waals surface area (Å²) in [7, 11) is 1.31. The van der Waals surface area contributed by atoms with E-state index in [0.29, 0.717) is 6.42 Å². The smallest absolute Gasteiger partial charge is 0.328 e. The van der Waals surface area contributed by atoms with E-state index in [4.69, 9.17) is 14.2 Å². The van der Waals surface area contributed by atoms with Crippen LogP contribution in [0, 0.1) is 0 Å². The quantitative estimate of drug-likeness (QED) is 0.271. The van der Waals surface area contributed by atoms with Crippen molar-refractivity contribution in [3.63, 3.8) is 0 Å². The summed E-state index contributed by atoms with van der Waals surface area (Å²) in [5.74, 6) is -0.498. The summed E-state index contributed by atoms with van der Waals surface area (Å²) < 4.78 is 17.9. The molecule has 2 aliphatic rings. The average Bonchev–Trinajstić information content (AvgIpc) is 3.07. The zero-order chi connectivity index (χ0) is 30.7. The molecule has 2 amide bonds. The number of nitrogens with one attached hydrogen (secondary N) is 2. The second kappa shape index (κ2) is 15.8. The Balaban J connectivity index is 1.20. The number of hydrogen-bond acceptors (Lipinski definition) is 7. The van der Waals surface area contributed by atoms with Crippen molar-refractivity contribution in [1.82, 2.24) is 15.5 Å². The van der Waals surface area contributed by atoms with Crippen LogP contribution in [-0.4, -0.2) is 60.9 Å². The first-order valence-corrected chi connectivity index (χ1v) is 15.5. The van der Waals surface area contributed by atoms with Crippen LogP contribution in [0.2, 0.25) is 0 Å². The van der Waals surface area contributed by atoms with Crippen LogP contribution in [0.15, 0.2) is 78.9 Å². The number of methoxy groups -OCH3 is 1. The van der Waals surface area contributed by atoms with E-state index in [9.17, 15) is 14.7 Å². The monoisotopic (exact) mass is 601 g/mol. The van der Waals surface area contributed by atoms with Crippen molar-refractivity contribution >= 4 is 12.0 Å². The first-order chi connectivity index (χ1) is 21.5. The number of rotatable bonds is 11. The van der Waals surface area contributed by atoms with Gasteiger partial charge in [-0.25, -0.2) is 9.59 Å². The van der Waals surface area contributed by atoms with Crippen LogP contribution in [0.1, 0.15) is 65.9 Å². The maximum Gasteiger partial charge on any atom is 0.328 e. The summed E-state index contributed by atoms with van der Waals surface area (Å²) in [6.07, 6.45) is 4.21. The standard InChI is InChI=1S/C35H43N3O6/c1-42-33(40)31(20-25-8-4-2-5-9-25)37-35(41)36-22-26-10-16-29(17-11-26)34-43-30(23-38-18-6-3-7-19-38)21-32(44-34)28-14-12-27(24-39)13-15-28/h2,4-5,8-17,30-32,34,39H,3,6-7,18-24H2,1H3,(H2,36,37,41). The van der Waals surface area contributed by atoms with E-state index >= 15 is 0 Å². The number of likely N-dealkylation sites (tertiary alicyclic amines) is 1. The predicted molar refractivity (Wildman–Crippen MR) is 166 cm³/mol. The molecule has 0 saturated carbocycles. The molecule has 4 unspecified atom stereocenters. The molecule has 2 saturated heterocycles. The fourth-order valence-corrected chi connectivity index (χ4v) is 5.83. The van der Waals surface area contributed by atoms with Gasteiger partial charge in [0.25, 0.3) is 0 Å². The largest absolute Gasteiger partial charge is 0.467 e.